The van der Waals surface area contributed by atoms with E-state index in [2.05, 4.69) is 0 Å². The van der Waals surface area contributed by atoms with Crippen LogP contribution >= 0.6 is 0 Å². The van der Waals surface area contributed by atoms with Gasteiger partial charge in [-0.25, -0.2) is 0 Å². The van der Waals surface area contributed by atoms with Crippen LogP contribution in [-0.2, 0) is 0 Å². The summed E-state index contributed by atoms with van der Waals surface area (Å²) in [4.78, 5) is 0. The molecule has 3 nitrogen and oxygen atoms in total. The SMILES string of the molecule is Cc1cc(N)c(N)cc1C=CCN. The maximum atomic E-state index is 5.67. The van der Waals surface area contributed by atoms with Gasteiger partial charge in [0.25, 0.3) is 0 Å². The Labute approximate surface area is 78.2 Å². The van der Waals surface area contributed by atoms with Gasteiger partial charge >= 0.3 is 0 Å². The van der Waals surface area contributed by atoms with Gasteiger partial charge in [0.15, 0.2) is 0 Å². The van der Waals surface area contributed by atoms with Crippen LogP contribution in [0.2, 0.25) is 0 Å². The Morgan fingerprint density at radius 1 is 1.23 bits per heavy atom. The molecule has 0 radical (unpaired) electrons. The van der Waals surface area contributed by atoms with E-state index in [0.717, 1.165) is 11.1 Å². The zero-order valence-corrected chi connectivity index (χ0v) is 7.75. The van der Waals surface area contributed by atoms with Gasteiger partial charge < -0.3 is 17.2 Å². The lowest BCUT2D eigenvalue weighted by molar-refractivity contribution is 1.26. The number of nitrogens with two attached hydrogens (primary N) is 3. The van der Waals surface area contributed by atoms with E-state index in [-0.39, 0.29) is 0 Å². The molecule has 0 bridgehead atoms. The highest BCUT2D eigenvalue weighted by Crippen LogP contribution is 2.21. The molecular weight excluding hydrogens is 162 g/mol. The van der Waals surface area contributed by atoms with Crippen molar-refractivity contribution < 1.29 is 0 Å². The molecule has 0 heterocycles. The molecule has 3 heteroatoms. The molecule has 13 heavy (non-hydrogen) atoms. The molecule has 0 aromatic heterocycles. The Morgan fingerprint density at radius 2 is 1.85 bits per heavy atom. The average Bonchev–Trinajstić information content (AvgIpc) is 2.09. The zero-order valence-electron chi connectivity index (χ0n) is 7.75. The van der Waals surface area contributed by atoms with Crippen molar-refractivity contribution in [2.24, 2.45) is 5.73 Å². The number of benzene rings is 1. The van der Waals surface area contributed by atoms with Crippen molar-refractivity contribution in [2.45, 2.75) is 6.92 Å². The van der Waals surface area contributed by atoms with E-state index >= 15 is 0 Å². The summed E-state index contributed by atoms with van der Waals surface area (Å²) in [5, 5.41) is 0. The van der Waals surface area contributed by atoms with Crippen LogP contribution in [0.25, 0.3) is 6.08 Å². The normalized spacial score (nSPS) is 10.9. The lowest BCUT2D eigenvalue weighted by atomic mass is 10.1. The van der Waals surface area contributed by atoms with E-state index < -0.39 is 0 Å². The van der Waals surface area contributed by atoms with Crippen molar-refractivity contribution in [3.8, 4) is 0 Å². The van der Waals surface area contributed by atoms with E-state index in [0.29, 0.717) is 17.9 Å². The Kier molecular flexibility index (Phi) is 2.93. The quantitative estimate of drug-likeness (QED) is 0.592. The van der Waals surface area contributed by atoms with Crippen LogP contribution in [-0.4, -0.2) is 6.54 Å². The number of rotatable bonds is 2. The maximum absolute atomic E-state index is 5.67. The first-order valence-corrected chi connectivity index (χ1v) is 4.17. The fourth-order valence-electron chi connectivity index (χ4n) is 1.14. The van der Waals surface area contributed by atoms with Gasteiger partial charge in [-0.15, -0.1) is 0 Å². The smallest absolute Gasteiger partial charge is 0.0553 e. The minimum absolute atomic E-state index is 0.531. The van der Waals surface area contributed by atoms with E-state index in [1.54, 1.807) is 0 Å². The van der Waals surface area contributed by atoms with Crippen molar-refractivity contribution in [2.75, 3.05) is 18.0 Å². The highest BCUT2D eigenvalue weighted by Gasteiger charge is 1.98. The Balaban J connectivity index is 3.08. The number of hydrogen-bond acceptors (Lipinski definition) is 3. The predicted molar refractivity (Wildman–Crippen MR) is 58.1 cm³/mol. The van der Waals surface area contributed by atoms with Gasteiger partial charge in [-0.1, -0.05) is 12.2 Å². The lowest BCUT2D eigenvalue weighted by Crippen LogP contribution is -1.97. The van der Waals surface area contributed by atoms with E-state index in [9.17, 15) is 0 Å². The maximum Gasteiger partial charge on any atom is 0.0553 e. The van der Waals surface area contributed by atoms with Crippen LogP contribution in [0.15, 0.2) is 18.2 Å². The fraction of sp³-hybridized carbons (Fsp3) is 0.200. The molecule has 0 fully saturated rings. The van der Waals surface area contributed by atoms with E-state index in [1.165, 1.54) is 0 Å². The topological polar surface area (TPSA) is 78.1 Å². The van der Waals surface area contributed by atoms with Gasteiger partial charge in [0, 0.05) is 6.54 Å². The summed E-state index contributed by atoms with van der Waals surface area (Å²) in [6.45, 7) is 2.52. The molecule has 1 aromatic carbocycles. The van der Waals surface area contributed by atoms with Gasteiger partial charge in [0.05, 0.1) is 11.4 Å². The monoisotopic (exact) mass is 177 g/mol. The minimum Gasteiger partial charge on any atom is -0.397 e. The first-order chi connectivity index (χ1) is 6.15. The third kappa shape index (κ3) is 2.23. The molecule has 1 rings (SSSR count). The second kappa shape index (κ2) is 3.96. The van der Waals surface area contributed by atoms with Crippen LogP contribution in [0.4, 0.5) is 11.4 Å². The molecule has 0 aliphatic heterocycles. The van der Waals surface area contributed by atoms with Gasteiger partial charge in [-0.3, -0.25) is 0 Å². The van der Waals surface area contributed by atoms with E-state index in [1.807, 2.05) is 31.2 Å². The van der Waals surface area contributed by atoms with E-state index in [4.69, 9.17) is 17.2 Å². The van der Waals surface area contributed by atoms with Crippen molar-refractivity contribution >= 4 is 17.5 Å². The Bertz CT molecular complexity index is 329. The van der Waals surface area contributed by atoms with Crippen molar-refractivity contribution in [3.63, 3.8) is 0 Å². The molecule has 0 amide bonds. The van der Waals surface area contributed by atoms with Gasteiger partial charge in [0.2, 0.25) is 0 Å². The fourth-order valence-corrected chi connectivity index (χ4v) is 1.14. The third-order valence-corrected chi connectivity index (χ3v) is 1.91. The van der Waals surface area contributed by atoms with Crippen molar-refractivity contribution in [3.05, 3.63) is 29.3 Å². The number of aryl methyl sites for hydroxylation is 1. The summed E-state index contributed by atoms with van der Waals surface area (Å²) in [6.07, 6.45) is 3.84. The summed E-state index contributed by atoms with van der Waals surface area (Å²) in [6, 6.07) is 3.72. The van der Waals surface area contributed by atoms with Crippen LogP contribution in [0.5, 0.6) is 0 Å². The lowest BCUT2D eigenvalue weighted by Gasteiger charge is -2.05. The van der Waals surface area contributed by atoms with Gasteiger partial charge in [0.1, 0.15) is 0 Å². The molecule has 0 atom stereocenters. The average molecular weight is 177 g/mol. The molecule has 1 aromatic rings. The van der Waals surface area contributed by atoms with Crippen molar-refractivity contribution in [1.82, 2.24) is 0 Å². The Morgan fingerprint density at radius 3 is 2.46 bits per heavy atom. The molecule has 0 unspecified atom stereocenters. The van der Waals surface area contributed by atoms with Crippen LogP contribution in [0.3, 0.4) is 0 Å². The summed E-state index contributed by atoms with van der Waals surface area (Å²) in [5.41, 5.74) is 20.1. The minimum atomic E-state index is 0.531. The summed E-state index contributed by atoms with van der Waals surface area (Å²) in [5.74, 6) is 0. The molecule has 70 valence electrons. The standard InChI is InChI=1S/C10H15N3/c1-7-5-9(12)10(13)6-8(7)3-2-4-11/h2-3,5-6H,4,11-13H2,1H3. The molecule has 0 saturated carbocycles. The van der Waals surface area contributed by atoms with Crippen LogP contribution < -0.4 is 17.2 Å². The molecule has 0 aliphatic carbocycles. The number of nitrogen functional groups attached to an aromatic ring is 2. The third-order valence-electron chi connectivity index (χ3n) is 1.91. The van der Waals surface area contributed by atoms with Crippen molar-refractivity contribution in [1.29, 1.82) is 0 Å². The summed E-state index contributed by atoms with van der Waals surface area (Å²) >= 11 is 0. The molecule has 0 saturated heterocycles. The Hall–Kier alpha value is -1.48. The highest BCUT2D eigenvalue weighted by atomic mass is 14.7. The zero-order chi connectivity index (χ0) is 9.84. The largest absolute Gasteiger partial charge is 0.397 e. The molecular formula is C10H15N3. The second-order valence-corrected chi connectivity index (χ2v) is 2.98. The predicted octanol–water partition coefficient (Wildman–Crippen LogP) is 1.13. The number of hydrogen-bond donors (Lipinski definition) is 3. The van der Waals surface area contributed by atoms with Crippen LogP contribution in [0.1, 0.15) is 11.1 Å². The van der Waals surface area contributed by atoms with Crippen LogP contribution in [0, 0.1) is 6.92 Å². The molecule has 6 N–H and O–H groups in total. The first-order valence-electron chi connectivity index (χ1n) is 4.17. The second-order valence-electron chi connectivity index (χ2n) is 2.98. The van der Waals surface area contributed by atoms with Gasteiger partial charge in [-0.2, -0.15) is 0 Å². The molecule has 0 spiro atoms. The highest BCUT2D eigenvalue weighted by molar-refractivity contribution is 5.70. The summed E-state index contributed by atoms with van der Waals surface area (Å²) in [7, 11) is 0. The summed E-state index contributed by atoms with van der Waals surface area (Å²) < 4.78 is 0. The molecule has 0 aliphatic rings. The number of anilines is 2. The van der Waals surface area contributed by atoms with Gasteiger partial charge in [-0.05, 0) is 30.2 Å². The first kappa shape index (κ1) is 9.61.